The second-order valence-electron chi connectivity index (χ2n) is 4.00. The molecule has 0 radical (unpaired) electrons. The first-order valence-electron chi connectivity index (χ1n) is 6.14. The van der Waals surface area contributed by atoms with Crippen LogP contribution in [0, 0.1) is 0 Å². The number of hydrogen-bond acceptors (Lipinski definition) is 5. The minimum absolute atomic E-state index is 0.185. The van der Waals surface area contributed by atoms with Gasteiger partial charge in [0.1, 0.15) is 17.9 Å². The Morgan fingerprint density at radius 3 is 2.85 bits per heavy atom. The molecule has 0 atom stereocenters. The molecule has 1 heterocycles. The molecule has 2 aromatic rings. The molecule has 0 unspecified atom stereocenters. The number of esters is 1. The van der Waals surface area contributed by atoms with Crippen LogP contribution in [-0.4, -0.2) is 32.1 Å². The largest absolute Gasteiger partial charge is 0.493 e. The van der Waals surface area contributed by atoms with Gasteiger partial charge in [0.15, 0.2) is 0 Å². The van der Waals surface area contributed by atoms with Crippen LogP contribution in [0.1, 0.15) is 17.3 Å². The van der Waals surface area contributed by atoms with Crippen molar-refractivity contribution in [2.45, 2.75) is 6.92 Å². The van der Waals surface area contributed by atoms with Gasteiger partial charge in [-0.05, 0) is 25.1 Å². The van der Waals surface area contributed by atoms with E-state index in [0.29, 0.717) is 23.5 Å². The van der Waals surface area contributed by atoms with Gasteiger partial charge in [-0.2, -0.15) is 0 Å². The number of furan rings is 1. The van der Waals surface area contributed by atoms with Crippen molar-refractivity contribution in [1.29, 1.82) is 0 Å². The first kappa shape index (κ1) is 13.9. The molecule has 0 fully saturated rings. The highest BCUT2D eigenvalue weighted by Crippen LogP contribution is 2.28. The van der Waals surface area contributed by atoms with Crippen LogP contribution in [0.4, 0.5) is 0 Å². The Labute approximate surface area is 115 Å². The Kier molecular flexibility index (Phi) is 4.24. The molecule has 0 saturated carbocycles. The van der Waals surface area contributed by atoms with E-state index in [0.717, 1.165) is 5.39 Å². The predicted octanol–water partition coefficient (Wildman–Crippen LogP) is 1.73. The number of carbonyl (C=O) groups excluding carboxylic acids is 2. The fraction of sp³-hybridized carbons (Fsp3) is 0.286. The molecular formula is C14H15NO5. The lowest BCUT2D eigenvalue weighted by atomic mass is 10.1. The van der Waals surface area contributed by atoms with Crippen molar-refractivity contribution in [2.24, 2.45) is 0 Å². The van der Waals surface area contributed by atoms with Gasteiger partial charge < -0.3 is 19.2 Å². The molecule has 0 bridgehead atoms. The third-order valence-electron chi connectivity index (χ3n) is 2.72. The highest BCUT2D eigenvalue weighted by molar-refractivity contribution is 6.00. The average Bonchev–Trinajstić information content (AvgIpc) is 2.93. The van der Waals surface area contributed by atoms with Gasteiger partial charge in [-0.3, -0.25) is 9.59 Å². The molecular weight excluding hydrogens is 262 g/mol. The lowest BCUT2D eigenvalue weighted by Crippen LogP contribution is -2.30. The highest BCUT2D eigenvalue weighted by atomic mass is 16.5. The highest BCUT2D eigenvalue weighted by Gasteiger charge is 2.13. The second-order valence-corrected chi connectivity index (χ2v) is 4.00. The minimum atomic E-state index is -0.512. The lowest BCUT2D eigenvalue weighted by molar-refractivity contribution is -0.139. The monoisotopic (exact) mass is 277 g/mol. The fourth-order valence-electron chi connectivity index (χ4n) is 1.77. The molecule has 20 heavy (non-hydrogen) atoms. The summed E-state index contributed by atoms with van der Waals surface area (Å²) in [6.07, 6.45) is 1.53. The SMILES string of the molecule is CCOc1cc(C(=O)NCC(=O)OC)cc2occc12. The van der Waals surface area contributed by atoms with Gasteiger partial charge in [0.25, 0.3) is 5.91 Å². The summed E-state index contributed by atoms with van der Waals surface area (Å²) in [7, 11) is 1.26. The number of benzene rings is 1. The minimum Gasteiger partial charge on any atom is -0.493 e. The van der Waals surface area contributed by atoms with Gasteiger partial charge in [-0.25, -0.2) is 0 Å². The molecule has 1 amide bonds. The number of methoxy groups -OCH3 is 1. The third-order valence-corrected chi connectivity index (χ3v) is 2.72. The van der Waals surface area contributed by atoms with Crippen LogP contribution in [0.5, 0.6) is 5.75 Å². The van der Waals surface area contributed by atoms with E-state index in [1.807, 2.05) is 6.92 Å². The Morgan fingerprint density at radius 1 is 1.35 bits per heavy atom. The molecule has 1 N–H and O–H groups in total. The van der Waals surface area contributed by atoms with Crippen molar-refractivity contribution in [3.05, 3.63) is 30.0 Å². The van der Waals surface area contributed by atoms with Crippen molar-refractivity contribution >= 4 is 22.8 Å². The van der Waals surface area contributed by atoms with Gasteiger partial charge in [-0.15, -0.1) is 0 Å². The maximum Gasteiger partial charge on any atom is 0.325 e. The Morgan fingerprint density at radius 2 is 2.15 bits per heavy atom. The number of hydrogen-bond donors (Lipinski definition) is 1. The topological polar surface area (TPSA) is 77.8 Å². The maximum atomic E-state index is 12.0. The number of rotatable bonds is 5. The van der Waals surface area contributed by atoms with Crippen molar-refractivity contribution in [3.63, 3.8) is 0 Å². The fourth-order valence-corrected chi connectivity index (χ4v) is 1.77. The predicted molar refractivity (Wildman–Crippen MR) is 71.7 cm³/mol. The smallest absolute Gasteiger partial charge is 0.325 e. The normalized spacial score (nSPS) is 10.3. The van der Waals surface area contributed by atoms with E-state index >= 15 is 0 Å². The van der Waals surface area contributed by atoms with Crippen molar-refractivity contribution in [1.82, 2.24) is 5.32 Å². The molecule has 1 aromatic heterocycles. The van der Waals surface area contributed by atoms with Crippen molar-refractivity contribution in [2.75, 3.05) is 20.3 Å². The van der Waals surface area contributed by atoms with Crippen molar-refractivity contribution < 1.29 is 23.5 Å². The molecule has 0 spiro atoms. The number of carbonyl (C=O) groups is 2. The molecule has 1 aromatic carbocycles. The maximum absolute atomic E-state index is 12.0. The number of fused-ring (bicyclic) bond motifs is 1. The molecule has 0 saturated heterocycles. The summed E-state index contributed by atoms with van der Waals surface area (Å²) >= 11 is 0. The summed E-state index contributed by atoms with van der Waals surface area (Å²) in [5.74, 6) is -0.334. The van der Waals surface area contributed by atoms with E-state index < -0.39 is 11.9 Å². The summed E-state index contributed by atoms with van der Waals surface area (Å²) < 4.78 is 15.2. The lowest BCUT2D eigenvalue weighted by Gasteiger charge is -2.08. The Bertz CT molecular complexity index is 632. The third kappa shape index (κ3) is 2.90. The first-order chi connectivity index (χ1) is 9.65. The number of nitrogens with one attached hydrogen (secondary N) is 1. The van der Waals surface area contributed by atoms with Gasteiger partial charge in [0.2, 0.25) is 0 Å². The molecule has 0 aliphatic rings. The van der Waals surface area contributed by atoms with E-state index in [2.05, 4.69) is 10.1 Å². The van der Waals surface area contributed by atoms with Crippen molar-refractivity contribution in [3.8, 4) is 5.75 Å². The summed E-state index contributed by atoms with van der Waals surface area (Å²) in [6.45, 7) is 2.15. The van der Waals surface area contributed by atoms with Gasteiger partial charge in [0.05, 0.1) is 25.4 Å². The summed E-state index contributed by atoms with van der Waals surface area (Å²) in [5, 5.41) is 3.27. The number of ether oxygens (including phenoxy) is 2. The molecule has 0 aliphatic carbocycles. The zero-order valence-corrected chi connectivity index (χ0v) is 11.3. The standard InChI is InChI=1S/C14H15NO5/c1-3-19-11-6-9(7-12-10(11)4-5-20-12)14(17)15-8-13(16)18-2/h4-7H,3,8H2,1-2H3,(H,15,17). The van der Waals surface area contributed by atoms with E-state index in [1.165, 1.54) is 13.4 Å². The van der Waals surface area contributed by atoms with Crippen LogP contribution in [0.25, 0.3) is 11.0 Å². The van der Waals surface area contributed by atoms with E-state index in [-0.39, 0.29) is 6.54 Å². The number of amides is 1. The first-order valence-corrected chi connectivity index (χ1v) is 6.14. The second kappa shape index (κ2) is 6.10. The molecule has 106 valence electrons. The van der Waals surface area contributed by atoms with Crippen LogP contribution >= 0.6 is 0 Å². The zero-order valence-electron chi connectivity index (χ0n) is 11.3. The van der Waals surface area contributed by atoms with Crippen LogP contribution in [0.3, 0.4) is 0 Å². The Balaban J connectivity index is 2.24. The summed E-state index contributed by atoms with van der Waals surface area (Å²) in [4.78, 5) is 23.0. The van der Waals surface area contributed by atoms with Gasteiger partial charge >= 0.3 is 5.97 Å². The zero-order chi connectivity index (χ0) is 14.5. The average molecular weight is 277 g/mol. The molecule has 0 aliphatic heterocycles. The molecule has 2 rings (SSSR count). The quantitative estimate of drug-likeness (QED) is 0.842. The van der Waals surface area contributed by atoms with Gasteiger partial charge in [0, 0.05) is 5.56 Å². The van der Waals surface area contributed by atoms with E-state index in [9.17, 15) is 9.59 Å². The van der Waals surface area contributed by atoms with Gasteiger partial charge in [-0.1, -0.05) is 0 Å². The molecule has 6 nitrogen and oxygen atoms in total. The Hall–Kier alpha value is -2.50. The van der Waals surface area contributed by atoms with E-state index in [1.54, 1.807) is 18.2 Å². The summed E-state index contributed by atoms with van der Waals surface area (Å²) in [5.41, 5.74) is 0.916. The summed E-state index contributed by atoms with van der Waals surface area (Å²) in [6, 6.07) is 4.99. The van der Waals surface area contributed by atoms with Crippen LogP contribution in [0.2, 0.25) is 0 Å². The molecule has 6 heteroatoms. The van der Waals surface area contributed by atoms with Crippen LogP contribution < -0.4 is 10.1 Å². The van der Waals surface area contributed by atoms with E-state index in [4.69, 9.17) is 9.15 Å². The van der Waals surface area contributed by atoms with Crippen LogP contribution in [0.15, 0.2) is 28.9 Å². The van der Waals surface area contributed by atoms with Crippen LogP contribution in [-0.2, 0) is 9.53 Å².